The minimum absolute atomic E-state index is 0.0553. The highest BCUT2D eigenvalue weighted by molar-refractivity contribution is 5.81. The van der Waals surface area contributed by atoms with Crippen molar-refractivity contribution in [3.63, 3.8) is 0 Å². The largest absolute Gasteiger partial charge is 0.469 e. The number of esters is 1. The summed E-state index contributed by atoms with van der Waals surface area (Å²) in [7, 11) is 1.16. The van der Waals surface area contributed by atoms with Gasteiger partial charge in [-0.05, 0) is 12.1 Å². The minimum atomic E-state index is -0.856. The van der Waals surface area contributed by atoms with Gasteiger partial charge in [-0.2, -0.15) is 0 Å². The molecule has 0 atom stereocenters. The molecule has 2 rings (SSSR count). The third-order valence-corrected chi connectivity index (χ3v) is 2.28. The first-order valence-electron chi connectivity index (χ1n) is 4.54. The van der Waals surface area contributed by atoms with Crippen LogP contribution in [-0.4, -0.2) is 13.1 Å². The molecule has 1 aromatic carbocycles. The van der Waals surface area contributed by atoms with Crippen LogP contribution in [0.2, 0.25) is 0 Å². The first-order chi connectivity index (χ1) is 7.63. The van der Waals surface area contributed by atoms with Crippen LogP contribution in [0.5, 0.6) is 0 Å². The van der Waals surface area contributed by atoms with E-state index in [2.05, 4.69) is 4.74 Å². The Kier molecular flexibility index (Phi) is 2.60. The SMILES string of the molecule is COC(=O)Cc1c(F)cc2ccoc2c1F. The number of benzene rings is 1. The maximum atomic E-state index is 13.7. The number of hydrogen-bond donors (Lipinski definition) is 0. The second-order valence-electron chi connectivity index (χ2n) is 3.24. The first kappa shape index (κ1) is 10.6. The predicted octanol–water partition coefficient (Wildman–Crippen LogP) is 2.43. The van der Waals surface area contributed by atoms with Crippen molar-refractivity contribution in [2.45, 2.75) is 6.42 Å². The summed E-state index contributed by atoms with van der Waals surface area (Å²) in [6, 6.07) is 2.57. The molecule has 0 amide bonds. The average molecular weight is 226 g/mol. The van der Waals surface area contributed by atoms with E-state index in [1.54, 1.807) is 0 Å². The molecule has 5 heteroatoms. The van der Waals surface area contributed by atoms with E-state index < -0.39 is 24.0 Å². The lowest BCUT2D eigenvalue weighted by molar-refractivity contribution is -0.139. The van der Waals surface area contributed by atoms with Gasteiger partial charge >= 0.3 is 5.97 Å². The third-order valence-electron chi connectivity index (χ3n) is 2.28. The van der Waals surface area contributed by atoms with Crippen molar-refractivity contribution in [3.8, 4) is 0 Å². The molecule has 0 fully saturated rings. The molecular formula is C11H8F2O3. The molecule has 3 nitrogen and oxygen atoms in total. The van der Waals surface area contributed by atoms with Gasteiger partial charge in [-0.1, -0.05) is 0 Å². The van der Waals surface area contributed by atoms with Gasteiger partial charge in [0, 0.05) is 10.9 Å². The van der Waals surface area contributed by atoms with Gasteiger partial charge in [0.2, 0.25) is 0 Å². The van der Waals surface area contributed by atoms with Gasteiger partial charge in [0.25, 0.3) is 0 Å². The third kappa shape index (κ3) is 1.64. The number of rotatable bonds is 2. The Morgan fingerprint density at radius 3 is 2.94 bits per heavy atom. The number of methoxy groups -OCH3 is 1. The molecule has 0 saturated heterocycles. The van der Waals surface area contributed by atoms with Crippen LogP contribution in [-0.2, 0) is 16.0 Å². The molecule has 0 radical (unpaired) electrons. The van der Waals surface area contributed by atoms with Crippen LogP contribution < -0.4 is 0 Å². The fourth-order valence-electron chi connectivity index (χ4n) is 1.46. The summed E-state index contributed by atoms with van der Waals surface area (Å²) in [5.74, 6) is -2.34. The second kappa shape index (κ2) is 3.92. The number of carbonyl (C=O) groups is 1. The summed E-state index contributed by atoms with van der Waals surface area (Å²) in [5.41, 5.74) is -0.394. The molecule has 0 unspecified atom stereocenters. The Morgan fingerprint density at radius 1 is 1.50 bits per heavy atom. The molecule has 16 heavy (non-hydrogen) atoms. The Labute approximate surface area is 89.6 Å². The van der Waals surface area contributed by atoms with Crippen LogP contribution in [0.25, 0.3) is 11.0 Å². The molecule has 0 saturated carbocycles. The van der Waals surface area contributed by atoms with Gasteiger partial charge in [-0.15, -0.1) is 0 Å². The summed E-state index contributed by atoms with van der Waals surface area (Å²) in [6.07, 6.45) is 0.805. The zero-order valence-corrected chi connectivity index (χ0v) is 8.42. The molecule has 0 bridgehead atoms. The molecule has 0 aliphatic rings. The van der Waals surface area contributed by atoms with Gasteiger partial charge in [0.05, 0.1) is 19.8 Å². The molecule has 0 aliphatic heterocycles. The summed E-state index contributed by atoms with van der Waals surface area (Å²) >= 11 is 0. The minimum Gasteiger partial charge on any atom is -0.469 e. The number of fused-ring (bicyclic) bond motifs is 1. The van der Waals surface area contributed by atoms with Crippen molar-refractivity contribution in [1.29, 1.82) is 0 Å². The first-order valence-corrected chi connectivity index (χ1v) is 4.54. The van der Waals surface area contributed by atoms with E-state index in [4.69, 9.17) is 4.42 Å². The Bertz CT molecular complexity index is 545. The van der Waals surface area contributed by atoms with Crippen LogP contribution in [0.1, 0.15) is 5.56 Å². The van der Waals surface area contributed by atoms with E-state index in [1.165, 1.54) is 12.3 Å². The highest BCUT2D eigenvalue weighted by Gasteiger charge is 2.18. The maximum absolute atomic E-state index is 13.7. The van der Waals surface area contributed by atoms with Crippen LogP contribution in [0.15, 0.2) is 22.8 Å². The molecule has 0 N–H and O–H groups in total. The lowest BCUT2D eigenvalue weighted by atomic mass is 10.1. The van der Waals surface area contributed by atoms with Crippen LogP contribution >= 0.6 is 0 Å². The molecule has 2 aromatic rings. The standard InChI is InChI=1S/C11H8F2O3/c1-15-9(14)5-7-8(12)4-6-2-3-16-11(6)10(7)13/h2-4H,5H2,1H3. The van der Waals surface area contributed by atoms with Crippen molar-refractivity contribution >= 4 is 16.9 Å². The number of hydrogen-bond acceptors (Lipinski definition) is 3. The lowest BCUT2D eigenvalue weighted by Crippen LogP contribution is -2.08. The molecule has 84 valence electrons. The number of furan rings is 1. The number of carbonyl (C=O) groups excluding carboxylic acids is 1. The van der Waals surface area contributed by atoms with Gasteiger partial charge < -0.3 is 9.15 Å². The fourth-order valence-corrected chi connectivity index (χ4v) is 1.46. The molecule has 0 aliphatic carbocycles. The van der Waals surface area contributed by atoms with E-state index in [-0.39, 0.29) is 11.1 Å². The quantitative estimate of drug-likeness (QED) is 0.738. The topological polar surface area (TPSA) is 39.4 Å². The van der Waals surface area contributed by atoms with E-state index in [0.29, 0.717) is 5.39 Å². The summed E-state index contributed by atoms with van der Waals surface area (Å²) in [4.78, 5) is 11.0. The summed E-state index contributed by atoms with van der Waals surface area (Å²) in [5, 5.41) is 0.323. The lowest BCUT2D eigenvalue weighted by Gasteiger charge is -2.04. The van der Waals surface area contributed by atoms with Gasteiger partial charge in [0.1, 0.15) is 5.82 Å². The smallest absolute Gasteiger partial charge is 0.310 e. The van der Waals surface area contributed by atoms with E-state index >= 15 is 0 Å². The number of halogens is 2. The normalized spacial score (nSPS) is 10.7. The van der Waals surface area contributed by atoms with Gasteiger partial charge in [-0.25, -0.2) is 8.78 Å². The van der Waals surface area contributed by atoms with Crippen LogP contribution in [0, 0.1) is 11.6 Å². The number of ether oxygens (including phenoxy) is 1. The zero-order valence-electron chi connectivity index (χ0n) is 8.42. The fraction of sp³-hybridized carbons (Fsp3) is 0.182. The van der Waals surface area contributed by atoms with Crippen LogP contribution in [0.3, 0.4) is 0 Å². The zero-order chi connectivity index (χ0) is 11.7. The summed E-state index contributed by atoms with van der Waals surface area (Å²) in [6.45, 7) is 0. The monoisotopic (exact) mass is 226 g/mol. The predicted molar refractivity (Wildman–Crippen MR) is 51.9 cm³/mol. The second-order valence-corrected chi connectivity index (χ2v) is 3.24. The maximum Gasteiger partial charge on any atom is 0.310 e. The Morgan fingerprint density at radius 2 is 2.25 bits per heavy atom. The van der Waals surface area contributed by atoms with E-state index in [9.17, 15) is 13.6 Å². The highest BCUT2D eigenvalue weighted by atomic mass is 19.1. The molecule has 1 heterocycles. The summed E-state index contributed by atoms with van der Waals surface area (Å²) < 4.78 is 36.4. The van der Waals surface area contributed by atoms with Crippen molar-refractivity contribution < 1.29 is 22.7 Å². The van der Waals surface area contributed by atoms with Crippen molar-refractivity contribution in [2.24, 2.45) is 0 Å². The van der Waals surface area contributed by atoms with Crippen LogP contribution in [0.4, 0.5) is 8.78 Å². The van der Waals surface area contributed by atoms with E-state index in [1.807, 2.05) is 0 Å². The van der Waals surface area contributed by atoms with Crippen molar-refractivity contribution in [2.75, 3.05) is 7.11 Å². The average Bonchev–Trinajstić information content (AvgIpc) is 2.71. The van der Waals surface area contributed by atoms with Gasteiger partial charge in [0.15, 0.2) is 11.4 Å². The van der Waals surface area contributed by atoms with Gasteiger partial charge in [-0.3, -0.25) is 4.79 Å². The Balaban J connectivity index is 2.55. The molecular weight excluding hydrogens is 218 g/mol. The Hall–Kier alpha value is -1.91. The molecule has 1 aromatic heterocycles. The molecule has 0 spiro atoms. The van der Waals surface area contributed by atoms with Crippen molar-refractivity contribution in [3.05, 3.63) is 35.6 Å². The highest BCUT2D eigenvalue weighted by Crippen LogP contribution is 2.25. The van der Waals surface area contributed by atoms with E-state index in [0.717, 1.165) is 13.2 Å². The van der Waals surface area contributed by atoms with Crippen molar-refractivity contribution in [1.82, 2.24) is 0 Å².